The zero-order chi connectivity index (χ0) is 13.8. The molecule has 2 saturated carbocycles. The van der Waals surface area contributed by atoms with Gasteiger partial charge in [-0.3, -0.25) is 9.59 Å². The molecule has 0 radical (unpaired) electrons. The molecule has 0 aromatic carbocycles. The van der Waals surface area contributed by atoms with Crippen molar-refractivity contribution in [3.8, 4) is 0 Å². The summed E-state index contributed by atoms with van der Waals surface area (Å²) in [6, 6.07) is 0.183. The van der Waals surface area contributed by atoms with Gasteiger partial charge in [-0.15, -0.1) is 0 Å². The third-order valence-electron chi connectivity index (χ3n) is 4.90. The lowest BCUT2D eigenvalue weighted by Gasteiger charge is -2.29. The second kappa shape index (κ2) is 6.40. The molecule has 0 bridgehead atoms. The van der Waals surface area contributed by atoms with Gasteiger partial charge in [-0.1, -0.05) is 25.7 Å². The summed E-state index contributed by atoms with van der Waals surface area (Å²) in [7, 11) is 0. The number of carboxylic acids is 1. The van der Waals surface area contributed by atoms with E-state index >= 15 is 0 Å². The molecule has 108 valence electrons. The van der Waals surface area contributed by atoms with Crippen LogP contribution in [0.15, 0.2) is 0 Å². The fourth-order valence-corrected chi connectivity index (χ4v) is 3.65. The summed E-state index contributed by atoms with van der Waals surface area (Å²) in [5.41, 5.74) is 0. The molecule has 3 atom stereocenters. The summed E-state index contributed by atoms with van der Waals surface area (Å²) < 4.78 is 0. The van der Waals surface area contributed by atoms with Crippen LogP contribution in [0.5, 0.6) is 0 Å². The molecule has 2 aliphatic rings. The highest BCUT2D eigenvalue weighted by atomic mass is 16.4. The number of carboxylic acid groups (broad SMARTS) is 1. The van der Waals surface area contributed by atoms with E-state index in [-0.39, 0.29) is 17.9 Å². The van der Waals surface area contributed by atoms with Crippen LogP contribution in [0.2, 0.25) is 0 Å². The second-order valence-corrected chi connectivity index (χ2v) is 6.18. The Hall–Kier alpha value is -1.06. The van der Waals surface area contributed by atoms with E-state index < -0.39 is 11.9 Å². The number of hydrogen-bond acceptors (Lipinski definition) is 2. The first kappa shape index (κ1) is 14.4. The SMILES string of the molecule is C[C@@H](NC(=O)[C@@H]1CCC[C@@H]1C(=O)O)C1CCCCC1. The first-order valence-corrected chi connectivity index (χ1v) is 7.62. The predicted octanol–water partition coefficient (Wildman–Crippen LogP) is 2.57. The Balaban J connectivity index is 1.87. The molecule has 1 amide bonds. The van der Waals surface area contributed by atoms with Gasteiger partial charge in [0.15, 0.2) is 0 Å². The average molecular weight is 267 g/mol. The molecule has 2 N–H and O–H groups in total. The van der Waals surface area contributed by atoms with Gasteiger partial charge in [-0.05, 0) is 38.5 Å². The Kier molecular flexibility index (Phi) is 4.83. The third kappa shape index (κ3) is 3.48. The van der Waals surface area contributed by atoms with Gasteiger partial charge in [-0.2, -0.15) is 0 Å². The minimum absolute atomic E-state index is 0.0389. The molecule has 0 saturated heterocycles. The normalized spacial score (nSPS) is 29.9. The highest BCUT2D eigenvalue weighted by Crippen LogP contribution is 2.33. The van der Waals surface area contributed by atoms with Gasteiger partial charge in [-0.25, -0.2) is 0 Å². The molecule has 0 aromatic rings. The minimum atomic E-state index is -0.817. The van der Waals surface area contributed by atoms with E-state index in [4.69, 9.17) is 5.11 Å². The molecular formula is C15H25NO3. The summed E-state index contributed by atoms with van der Waals surface area (Å²) in [6.45, 7) is 2.07. The highest BCUT2D eigenvalue weighted by Gasteiger charge is 2.38. The molecule has 19 heavy (non-hydrogen) atoms. The molecule has 4 nitrogen and oxygen atoms in total. The van der Waals surface area contributed by atoms with Crippen LogP contribution in [0.1, 0.15) is 58.3 Å². The van der Waals surface area contributed by atoms with E-state index in [9.17, 15) is 9.59 Å². The van der Waals surface area contributed by atoms with Crippen molar-refractivity contribution in [1.29, 1.82) is 0 Å². The van der Waals surface area contributed by atoms with E-state index in [2.05, 4.69) is 12.2 Å². The largest absolute Gasteiger partial charge is 0.481 e. The van der Waals surface area contributed by atoms with Crippen LogP contribution in [-0.2, 0) is 9.59 Å². The van der Waals surface area contributed by atoms with Gasteiger partial charge in [0.05, 0.1) is 11.8 Å². The van der Waals surface area contributed by atoms with Crippen molar-refractivity contribution in [2.45, 2.75) is 64.3 Å². The molecule has 2 aliphatic carbocycles. The molecule has 2 fully saturated rings. The summed E-state index contributed by atoms with van der Waals surface area (Å²) in [4.78, 5) is 23.4. The maximum Gasteiger partial charge on any atom is 0.307 e. The number of carbonyl (C=O) groups excluding carboxylic acids is 1. The quantitative estimate of drug-likeness (QED) is 0.822. The van der Waals surface area contributed by atoms with Crippen LogP contribution >= 0.6 is 0 Å². The summed E-state index contributed by atoms with van der Waals surface area (Å²) in [5.74, 6) is -1.07. The first-order valence-electron chi connectivity index (χ1n) is 7.62. The van der Waals surface area contributed by atoms with Crippen LogP contribution < -0.4 is 5.32 Å². The maximum atomic E-state index is 12.2. The Morgan fingerprint density at radius 2 is 1.63 bits per heavy atom. The standard InChI is InChI=1S/C15H25NO3/c1-10(11-6-3-2-4-7-11)16-14(17)12-8-5-9-13(12)15(18)19/h10-13H,2-9H2,1H3,(H,16,17)(H,18,19)/t10-,12-,13+/m1/s1. The molecule has 0 aliphatic heterocycles. The van der Waals surface area contributed by atoms with Crippen molar-refractivity contribution >= 4 is 11.9 Å². The Morgan fingerprint density at radius 3 is 2.26 bits per heavy atom. The Labute approximate surface area is 115 Å². The van der Waals surface area contributed by atoms with E-state index in [0.717, 1.165) is 12.8 Å². The predicted molar refractivity (Wildman–Crippen MR) is 72.6 cm³/mol. The topological polar surface area (TPSA) is 66.4 Å². The molecule has 4 heteroatoms. The van der Waals surface area contributed by atoms with Crippen LogP contribution in [0.25, 0.3) is 0 Å². The lowest BCUT2D eigenvalue weighted by atomic mass is 9.84. The lowest BCUT2D eigenvalue weighted by Crippen LogP contribution is -2.43. The zero-order valence-electron chi connectivity index (χ0n) is 11.7. The van der Waals surface area contributed by atoms with Crippen LogP contribution in [-0.4, -0.2) is 23.0 Å². The van der Waals surface area contributed by atoms with Crippen molar-refractivity contribution in [2.75, 3.05) is 0 Å². The molecule has 2 rings (SSSR count). The Morgan fingerprint density at radius 1 is 1.00 bits per heavy atom. The van der Waals surface area contributed by atoms with Crippen molar-refractivity contribution in [3.05, 3.63) is 0 Å². The monoisotopic (exact) mass is 267 g/mol. The summed E-state index contributed by atoms with van der Waals surface area (Å²) in [6.07, 6.45) is 8.42. The van der Waals surface area contributed by atoms with E-state index in [1.807, 2.05) is 0 Å². The molecule has 0 spiro atoms. The minimum Gasteiger partial charge on any atom is -0.481 e. The first-order chi connectivity index (χ1) is 9.09. The lowest BCUT2D eigenvalue weighted by molar-refractivity contribution is -0.146. The van der Waals surface area contributed by atoms with Gasteiger partial charge >= 0.3 is 5.97 Å². The number of amides is 1. The van der Waals surface area contributed by atoms with Crippen molar-refractivity contribution in [3.63, 3.8) is 0 Å². The molecular weight excluding hydrogens is 242 g/mol. The number of hydrogen-bond donors (Lipinski definition) is 2. The van der Waals surface area contributed by atoms with Gasteiger partial charge < -0.3 is 10.4 Å². The van der Waals surface area contributed by atoms with Crippen LogP contribution in [0.4, 0.5) is 0 Å². The highest BCUT2D eigenvalue weighted by molar-refractivity contribution is 5.85. The van der Waals surface area contributed by atoms with E-state index in [1.165, 1.54) is 32.1 Å². The van der Waals surface area contributed by atoms with E-state index in [0.29, 0.717) is 12.3 Å². The van der Waals surface area contributed by atoms with Gasteiger partial charge in [0, 0.05) is 6.04 Å². The zero-order valence-corrected chi connectivity index (χ0v) is 11.7. The van der Waals surface area contributed by atoms with Gasteiger partial charge in [0.2, 0.25) is 5.91 Å². The number of rotatable bonds is 4. The number of aliphatic carboxylic acids is 1. The van der Waals surface area contributed by atoms with Crippen molar-refractivity contribution in [2.24, 2.45) is 17.8 Å². The van der Waals surface area contributed by atoms with Crippen LogP contribution in [0, 0.1) is 17.8 Å². The smallest absolute Gasteiger partial charge is 0.307 e. The molecule has 0 aromatic heterocycles. The van der Waals surface area contributed by atoms with E-state index in [1.54, 1.807) is 0 Å². The van der Waals surface area contributed by atoms with Crippen molar-refractivity contribution in [1.82, 2.24) is 5.32 Å². The second-order valence-electron chi connectivity index (χ2n) is 6.18. The summed E-state index contributed by atoms with van der Waals surface area (Å²) >= 11 is 0. The number of nitrogens with one attached hydrogen (secondary N) is 1. The van der Waals surface area contributed by atoms with Gasteiger partial charge in [0.1, 0.15) is 0 Å². The number of carbonyl (C=O) groups is 2. The summed E-state index contributed by atoms with van der Waals surface area (Å²) in [5, 5.41) is 12.2. The third-order valence-corrected chi connectivity index (χ3v) is 4.90. The van der Waals surface area contributed by atoms with Crippen LogP contribution in [0.3, 0.4) is 0 Å². The Bertz CT molecular complexity index is 336. The molecule has 0 heterocycles. The fourth-order valence-electron chi connectivity index (χ4n) is 3.65. The van der Waals surface area contributed by atoms with Crippen molar-refractivity contribution < 1.29 is 14.7 Å². The molecule has 0 unspecified atom stereocenters. The fraction of sp³-hybridized carbons (Fsp3) is 0.867. The maximum absolute atomic E-state index is 12.2. The average Bonchev–Trinajstić information content (AvgIpc) is 2.89. The van der Waals surface area contributed by atoms with Gasteiger partial charge in [0.25, 0.3) is 0 Å².